The number of carbonyl (C=O) groups excluding carboxylic acids is 1. The van der Waals surface area contributed by atoms with Gasteiger partial charge in [0.15, 0.2) is 0 Å². The molecule has 0 unspecified atom stereocenters. The van der Waals surface area contributed by atoms with Crippen LogP contribution in [0.4, 0.5) is 5.95 Å². The number of rotatable bonds is 7. The van der Waals surface area contributed by atoms with Crippen LogP contribution < -0.4 is 10.1 Å². The van der Waals surface area contributed by atoms with Gasteiger partial charge in [-0.05, 0) is 37.3 Å². The Hall–Kier alpha value is -3.61. The molecule has 4 rings (SSSR count). The maximum absolute atomic E-state index is 11.3. The lowest BCUT2D eigenvalue weighted by Crippen LogP contribution is -2.04. The molecule has 3 heterocycles. The van der Waals surface area contributed by atoms with Gasteiger partial charge in [0.05, 0.1) is 29.5 Å². The number of Topliss-reactive ketones (excluding diaryl/α,β-unsaturated/α-hetero) is 1. The Morgan fingerprint density at radius 2 is 2.07 bits per heavy atom. The highest BCUT2D eigenvalue weighted by atomic mass is 16.5. The summed E-state index contributed by atoms with van der Waals surface area (Å²) >= 11 is 0. The van der Waals surface area contributed by atoms with Gasteiger partial charge in [0.1, 0.15) is 23.0 Å². The molecule has 0 aliphatic rings. The number of anilines is 1. The molecule has 0 fully saturated rings. The first-order valence-electron chi connectivity index (χ1n) is 8.93. The lowest BCUT2D eigenvalue weighted by atomic mass is 10.2. The third kappa shape index (κ3) is 3.88. The molecule has 0 bridgehead atoms. The number of pyridine rings is 1. The Balaban J connectivity index is 1.53. The summed E-state index contributed by atoms with van der Waals surface area (Å²) in [6, 6.07) is 13.1. The minimum atomic E-state index is 0.0640. The Morgan fingerprint density at radius 3 is 2.86 bits per heavy atom. The lowest BCUT2D eigenvalue weighted by Gasteiger charge is -2.07. The summed E-state index contributed by atoms with van der Waals surface area (Å²) in [7, 11) is 1.96. The molecule has 0 spiro atoms. The molecule has 0 amide bonds. The fraction of sp³-hybridized carbons (Fsp3) is 0.190. The standard InChI is InChI=1S/C21H20N4O3/c1-14(26)10-15-11-17(7-8-22-15)28-16-5-6-20-19(12-16)24-21(25(20)2)23-13-18-4-3-9-27-18/h3-9,11-12H,10,13H2,1-2H3,(H,23,24). The normalized spacial score (nSPS) is 10.9. The molecule has 0 saturated carbocycles. The molecule has 3 aromatic heterocycles. The van der Waals surface area contributed by atoms with Crippen LogP contribution in [0.25, 0.3) is 11.0 Å². The molecule has 1 N–H and O–H groups in total. The minimum absolute atomic E-state index is 0.0640. The number of aromatic nitrogens is 3. The molecule has 1 aromatic carbocycles. The summed E-state index contributed by atoms with van der Waals surface area (Å²) in [5, 5.41) is 3.28. The number of carbonyl (C=O) groups is 1. The third-order valence-corrected chi connectivity index (χ3v) is 4.31. The maximum atomic E-state index is 11.3. The van der Waals surface area contributed by atoms with Crippen molar-refractivity contribution in [1.29, 1.82) is 0 Å². The van der Waals surface area contributed by atoms with Crippen molar-refractivity contribution in [1.82, 2.24) is 14.5 Å². The van der Waals surface area contributed by atoms with Gasteiger partial charge in [-0.15, -0.1) is 0 Å². The van der Waals surface area contributed by atoms with Gasteiger partial charge < -0.3 is 19.0 Å². The second kappa shape index (κ2) is 7.56. The van der Waals surface area contributed by atoms with Crippen LogP contribution in [0, 0.1) is 0 Å². The van der Waals surface area contributed by atoms with Crippen molar-refractivity contribution in [2.45, 2.75) is 19.9 Å². The van der Waals surface area contributed by atoms with E-state index in [0.717, 1.165) is 22.7 Å². The van der Waals surface area contributed by atoms with Crippen LogP contribution in [0.15, 0.2) is 59.3 Å². The predicted octanol–water partition coefficient (Wildman–Crippen LogP) is 4.10. The van der Waals surface area contributed by atoms with Crippen molar-refractivity contribution in [2.75, 3.05) is 5.32 Å². The number of nitrogens with zero attached hydrogens (tertiary/aromatic N) is 3. The van der Waals surface area contributed by atoms with Crippen molar-refractivity contribution in [2.24, 2.45) is 7.05 Å². The second-order valence-electron chi connectivity index (χ2n) is 6.54. The number of hydrogen-bond acceptors (Lipinski definition) is 6. The van der Waals surface area contributed by atoms with E-state index >= 15 is 0 Å². The highest BCUT2D eigenvalue weighted by molar-refractivity contribution is 5.80. The van der Waals surface area contributed by atoms with E-state index in [1.807, 2.05) is 41.9 Å². The molecule has 0 aliphatic carbocycles. The first-order valence-corrected chi connectivity index (χ1v) is 8.93. The molecule has 28 heavy (non-hydrogen) atoms. The first-order chi connectivity index (χ1) is 13.6. The number of hydrogen-bond donors (Lipinski definition) is 1. The third-order valence-electron chi connectivity index (χ3n) is 4.31. The van der Waals surface area contributed by atoms with E-state index in [1.54, 1.807) is 31.5 Å². The van der Waals surface area contributed by atoms with E-state index in [9.17, 15) is 4.79 Å². The summed E-state index contributed by atoms with van der Waals surface area (Å²) in [5.41, 5.74) is 2.49. The summed E-state index contributed by atoms with van der Waals surface area (Å²) in [6.45, 7) is 2.10. The molecule has 0 aliphatic heterocycles. The largest absolute Gasteiger partial charge is 0.467 e. The molecule has 0 saturated heterocycles. The van der Waals surface area contributed by atoms with Crippen LogP contribution in [0.3, 0.4) is 0 Å². The molecule has 0 atom stereocenters. The summed E-state index contributed by atoms with van der Waals surface area (Å²) in [4.78, 5) is 20.1. The van der Waals surface area contributed by atoms with E-state index in [4.69, 9.17) is 9.15 Å². The quantitative estimate of drug-likeness (QED) is 0.523. The zero-order chi connectivity index (χ0) is 19.5. The lowest BCUT2D eigenvalue weighted by molar-refractivity contribution is -0.116. The van der Waals surface area contributed by atoms with Gasteiger partial charge in [0, 0.05) is 31.8 Å². The number of ether oxygens (including phenoxy) is 1. The number of ketones is 1. The summed E-state index contributed by atoms with van der Waals surface area (Å²) in [5.74, 6) is 2.96. The average Bonchev–Trinajstić information content (AvgIpc) is 3.28. The number of furan rings is 1. The van der Waals surface area contributed by atoms with Crippen LogP contribution in [-0.4, -0.2) is 20.3 Å². The van der Waals surface area contributed by atoms with Gasteiger partial charge in [-0.1, -0.05) is 0 Å². The van der Waals surface area contributed by atoms with Crippen LogP contribution in [-0.2, 0) is 24.8 Å². The Kier molecular flexibility index (Phi) is 4.80. The number of nitrogens with one attached hydrogen (secondary N) is 1. The first kappa shape index (κ1) is 17.8. The second-order valence-corrected chi connectivity index (χ2v) is 6.54. The summed E-state index contributed by atoms with van der Waals surface area (Å²) in [6.07, 6.45) is 3.58. The van der Waals surface area contributed by atoms with Gasteiger partial charge in [0.25, 0.3) is 0 Å². The van der Waals surface area contributed by atoms with Crippen molar-refractivity contribution >= 4 is 22.8 Å². The number of imidazole rings is 1. The van der Waals surface area contributed by atoms with Gasteiger partial charge in [0.2, 0.25) is 5.95 Å². The van der Waals surface area contributed by atoms with Crippen molar-refractivity contribution < 1.29 is 13.9 Å². The Labute approximate surface area is 162 Å². The Bertz CT molecular complexity index is 1120. The monoisotopic (exact) mass is 376 g/mol. The highest BCUT2D eigenvalue weighted by Crippen LogP contribution is 2.27. The predicted molar refractivity (Wildman–Crippen MR) is 105 cm³/mol. The van der Waals surface area contributed by atoms with Crippen LogP contribution >= 0.6 is 0 Å². The minimum Gasteiger partial charge on any atom is -0.467 e. The van der Waals surface area contributed by atoms with Crippen molar-refractivity contribution in [3.63, 3.8) is 0 Å². The topological polar surface area (TPSA) is 82.2 Å². The van der Waals surface area contributed by atoms with Gasteiger partial charge in [-0.2, -0.15) is 0 Å². The molecular weight excluding hydrogens is 356 g/mol. The fourth-order valence-electron chi connectivity index (χ4n) is 2.99. The Morgan fingerprint density at radius 1 is 1.21 bits per heavy atom. The SMILES string of the molecule is CC(=O)Cc1cc(Oc2ccc3c(c2)nc(NCc2ccco2)n3C)ccn1. The number of benzene rings is 1. The van der Waals surface area contributed by atoms with Gasteiger partial charge in [-0.25, -0.2) is 4.98 Å². The van der Waals surface area contributed by atoms with Gasteiger partial charge >= 0.3 is 0 Å². The van der Waals surface area contributed by atoms with E-state index in [2.05, 4.69) is 15.3 Å². The summed E-state index contributed by atoms with van der Waals surface area (Å²) < 4.78 is 13.3. The average molecular weight is 376 g/mol. The van der Waals surface area contributed by atoms with Crippen LogP contribution in [0.2, 0.25) is 0 Å². The van der Waals surface area contributed by atoms with Crippen molar-refractivity contribution in [3.8, 4) is 11.5 Å². The number of aryl methyl sites for hydroxylation is 1. The number of fused-ring (bicyclic) bond motifs is 1. The molecule has 0 radical (unpaired) electrons. The van der Waals surface area contributed by atoms with E-state index < -0.39 is 0 Å². The molecule has 4 aromatic rings. The van der Waals surface area contributed by atoms with Crippen LogP contribution in [0.1, 0.15) is 18.4 Å². The van der Waals surface area contributed by atoms with E-state index in [0.29, 0.717) is 30.2 Å². The highest BCUT2D eigenvalue weighted by Gasteiger charge is 2.10. The maximum Gasteiger partial charge on any atom is 0.203 e. The smallest absolute Gasteiger partial charge is 0.203 e. The molecule has 7 heteroatoms. The van der Waals surface area contributed by atoms with E-state index in [-0.39, 0.29) is 5.78 Å². The molecule has 7 nitrogen and oxygen atoms in total. The zero-order valence-corrected chi connectivity index (χ0v) is 15.7. The fourth-order valence-corrected chi connectivity index (χ4v) is 2.99. The van der Waals surface area contributed by atoms with Crippen molar-refractivity contribution in [3.05, 3.63) is 66.4 Å². The van der Waals surface area contributed by atoms with E-state index in [1.165, 1.54) is 0 Å². The molecule has 142 valence electrons. The van der Waals surface area contributed by atoms with Crippen LogP contribution in [0.5, 0.6) is 11.5 Å². The van der Waals surface area contributed by atoms with Gasteiger partial charge in [-0.3, -0.25) is 9.78 Å². The molecular formula is C21H20N4O3. The zero-order valence-electron chi connectivity index (χ0n) is 15.7.